The van der Waals surface area contributed by atoms with Crippen LogP contribution in [0.15, 0.2) is 42.5 Å². The summed E-state index contributed by atoms with van der Waals surface area (Å²) in [6.45, 7) is 4.47. The summed E-state index contributed by atoms with van der Waals surface area (Å²) in [6, 6.07) is 13.5. The number of hydrogen-bond donors (Lipinski definition) is 2. The summed E-state index contributed by atoms with van der Waals surface area (Å²) in [6.07, 6.45) is 0. The fraction of sp³-hybridized carbons (Fsp3) is 0.435. The SMILES string of the molecule is COc1ccc(OC)c(CN2CCN(C(=O)C3CNNC3c3ccc(Cl)cc3)CC2)c1. The fourth-order valence-electron chi connectivity index (χ4n) is 4.32. The van der Waals surface area contributed by atoms with Crippen LogP contribution in [0.4, 0.5) is 0 Å². The molecular weight excluding hydrogens is 416 g/mol. The summed E-state index contributed by atoms with van der Waals surface area (Å²) in [7, 11) is 3.35. The predicted octanol–water partition coefficient (Wildman–Crippen LogP) is 2.47. The van der Waals surface area contributed by atoms with E-state index in [-0.39, 0.29) is 17.9 Å². The summed E-state index contributed by atoms with van der Waals surface area (Å²) >= 11 is 6.02. The van der Waals surface area contributed by atoms with Gasteiger partial charge in [-0.1, -0.05) is 23.7 Å². The fourth-order valence-corrected chi connectivity index (χ4v) is 4.45. The summed E-state index contributed by atoms with van der Waals surface area (Å²) in [5.74, 6) is 1.73. The molecular formula is C23H29ClN4O3. The highest BCUT2D eigenvalue weighted by Gasteiger charge is 2.37. The first-order chi connectivity index (χ1) is 15.1. The van der Waals surface area contributed by atoms with Crippen LogP contribution in [0.3, 0.4) is 0 Å². The van der Waals surface area contributed by atoms with Gasteiger partial charge in [0, 0.05) is 49.9 Å². The van der Waals surface area contributed by atoms with Gasteiger partial charge in [-0.3, -0.25) is 15.1 Å². The molecule has 2 aliphatic heterocycles. The zero-order chi connectivity index (χ0) is 21.8. The molecule has 0 radical (unpaired) electrons. The molecule has 2 aromatic rings. The highest BCUT2D eigenvalue weighted by atomic mass is 35.5. The Kier molecular flexibility index (Phi) is 6.97. The third kappa shape index (κ3) is 4.96. The Labute approximate surface area is 188 Å². The number of nitrogens with one attached hydrogen (secondary N) is 2. The monoisotopic (exact) mass is 444 g/mol. The van der Waals surface area contributed by atoms with Gasteiger partial charge in [0.1, 0.15) is 11.5 Å². The van der Waals surface area contributed by atoms with Gasteiger partial charge in [0.25, 0.3) is 0 Å². The van der Waals surface area contributed by atoms with Crippen molar-refractivity contribution >= 4 is 17.5 Å². The van der Waals surface area contributed by atoms with Crippen molar-refractivity contribution in [2.75, 3.05) is 46.9 Å². The lowest BCUT2D eigenvalue weighted by atomic mass is 9.93. The molecule has 0 aliphatic carbocycles. The van der Waals surface area contributed by atoms with Gasteiger partial charge in [-0.2, -0.15) is 0 Å². The Bertz CT molecular complexity index is 900. The predicted molar refractivity (Wildman–Crippen MR) is 120 cm³/mol. The maximum Gasteiger partial charge on any atom is 0.229 e. The molecule has 2 saturated heterocycles. The van der Waals surface area contributed by atoms with Crippen molar-refractivity contribution in [1.82, 2.24) is 20.7 Å². The highest BCUT2D eigenvalue weighted by Crippen LogP contribution is 2.29. The van der Waals surface area contributed by atoms with Crippen LogP contribution in [-0.2, 0) is 11.3 Å². The van der Waals surface area contributed by atoms with E-state index < -0.39 is 0 Å². The Hall–Kier alpha value is -2.32. The number of hydrazine groups is 1. The van der Waals surface area contributed by atoms with Gasteiger partial charge in [-0.15, -0.1) is 0 Å². The van der Waals surface area contributed by atoms with Crippen molar-refractivity contribution < 1.29 is 14.3 Å². The van der Waals surface area contributed by atoms with Crippen molar-refractivity contribution in [2.45, 2.75) is 12.6 Å². The molecule has 2 aliphatic rings. The van der Waals surface area contributed by atoms with E-state index >= 15 is 0 Å². The van der Waals surface area contributed by atoms with Crippen LogP contribution >= 0.6 is 11.6 Å². The molecule has 2 N–H and O–H groups in total. The van der Waals surface area contributed by atoms with Crippen molar-refractivity contribution in [3.05, 3.63) is 58.6 Å². The molecule has 4 rings (SSSR count). The van der Waals surface area contributed by atoms with Crippen LogP contribution in [0.1, 0.15) is 17.2 Å². The third-order valence-electron chi connectivity index (χ3n) is 6.09. The van der Waals surface area contributed by atoms with Crippen LogP contribution in [-0.4, -0.2) is 62.7 Å². The number of halogens is 1. The number of rotatable bonds is 6. The first-order valence-corrected chi connectivity index (χ1v) is 10.9. The van der Waals surface area contributed by atoms with E-state index in [1.54, 1.807) is 14.2 Å². The van der Waals surface area contributed by atoms with Gasteiger partial charge in [0.05, 0.1) is 26.2 Å². The quantitative estimate of drug-likeness (QED) is 0.713. The second-order valence-corrected chi connectivity index (χ2v) is 8.38. The third-order valence-corrected chi connectivity index (χ3v) is 6.35. The number of benzene rings is 2. The Morgan fingerprint density at radius 3 is 2.48 bits per heavy atom. The van der Waals surface area contributed by atoms with Gasteiger partial charge in [-0.25, -0.2) is 5.43 Å². The minimum atomic E-state index is -0.133. The highest BCUT2D eigenvalue weighted by molar-refractivity contribution is 6.30. The number of piperazine rings is 1. The lowest BCUT2D eigenvalue weighted by molar-refractivity contribution is -0.137. The summed E-state index contributed by atoms with van der Waals surface area (Å²) < 4.78 is 10.9. The summed E-state index contributed by atoms with van der Waals surface area (Å²) in [4.78, 5) is 17.6. The first-order valence-electron chi connectivity index (χ1n) is 10.5. The number of nitrogens with zero attached hydrogens (tertiary/aromatic N) is 2. The zero-order valence-electron chi connectivity index (χ0n) is 17.9. The number of methoxy groups -OCH3 is 2. The van der Waals surface area contributed by atoms with E-state index in [1.165, 1.54) is 0 Å². The molecule has 2 fully saturated rings. The Balaban J connectivity index is 1.36. The average Bonchev–Trinajstić information content (AvgIpc) is 3.29. The van der Waals surface area contributed by atoms with E-state index in [0.29, 0.717) is 11.6 Å². The molecule has 0 saturated carbocycles. The van der Waals surface area contributed by atoms with E-state index in [4.69, 9.17) is 21.1 Å². The van der Waals surface area contributed by atoms with Gasteiger partial charge in [0.2, 0.25) is 5.91 Å². The first kappa shape index (κ1) is 21.9. The molecule has 0 spiro atoms. The van der Waals surface area contributed by atoms with Gasteiger partial charge in [0.15, 0.2) is 0 Å². The Morgan fingerprint density at radius 1 is 1.06 bits per heavy atom. The summed E-state index contributed by atoms with van der Waals surface area (Å²) in [5, 5.41) is 0.696. The molecule has 2 unspecified atom stereocenters. The molecule has 8 heteroatoms. The van der Waals surface area contributed by atoms with Gasteiger partial charge < -0.3 is 14.4 Å². The molecule has 2 heterocycles. The molecule has 2 atom stereocenters. The van der Waals surface area contributed by atoms with Crippen LogP contribution in [0, 0.1) is 5.92 Å². The number of ether oxygens (including phenoxy) is 2. The molecule has 7 nitrogen and oxygen atoms in total. The van der Waals surface area contributed by atoms with Crippen LogP contribution in [0.2, 0.25) is 5.02 Å². The minimum Gasteiger partial charge on any atom is -0.497 e. The maximum atomic E-state index is 13.3. The minimum absolute atomic E-state index is 0.0520. The molecule has 0 aromatic heterocycles. The average molecular weight is 445 g/mol. The lowest BCUT2D eigenvalue weighted by Gasteiger charge is -2.36. The topological polar surface area (TPSA) is 66.1 Å². The largest absolute Gasteiger partial charge is 0.497 e. The number of carbonyl (C=O) groups is 1. The lowest BCUT2D eigenvalue weighted by Crippen LogP contribution is -2.50. The summed E-state index contributed by atoms with van der Waals surface area (Å²) in [5.41, 5.74) is 8.56. The molecule has 31 heavy (non-hydrogen) atoms. The second-order valence-electron chi connectivity index (χ2n) is 7.94. The maximum absolute atomic E-state index is 13.3. The van der Waals surface area contributed by atoms with Crippen molar-refractivity contribution in [3.63, 3.8) is 0 Å². The molecule has 166 valence electrons. The smallest absolute Gasteiger partial charge is 0.229 e. The van der Waals surface area contributed by atoms with Crippen LogP contribution in [0.25, 0.3) is 0 Å². The van der Waals surface area contributed by atoms with Gasteiger partial charge >= 0.3 is 0 Å². The van der Waals surface area contributed by atoms with E-state index in [1.807, 2.05) is 47.4 Å². The normalized spacial score (nSPS) is 21.8. The number of carbonyl (C=O) groups excluding carboxylic acids is 1. The van der Waals surface area contributed by atoms with Crippen LogP contribution < -0.4 is 20.3 Å². The number of hydrogen-bond acceptors (Lipinski definition) is 6. The molecule has 2 aromatic carbocycles. The van der Waals surface area contributed by atoms with Crippen molar-refractivity contribution in [1.29, 1.82) is 0 Å². The van der Waals surface area contributed by atoms with Crippen molar-refractivity contribution in [2.24, 2.45) is 5.92 Å². The van der Waals surface area contributed by atoms with E-state index in [9.17, 15) is 4.79 Å². The van der Waals surface area contributed by atoms with Crippen molar-refractivity contribution in [3.8, 4) is 11.5 Å². The number of amides is 1. The molecule has 1 amide bonds. The standard InChI is InChI=1S/C23H29ClN4O3/c1-30-19-7-8-21(31-2)17(13-19)15-27-9-11-28(12-10-27)23(29)20-14-25-26-22(20)16-3-5-18(24)6-4-16/h3-8,13,20,22,25-26H,9-12,14-15H2,1-2H3. The van der Waals surface area contributed by atoms with Gasteiger partial charge in [-0.05, 0) is 35.9 Å². The van der Waals surface area contributed by atoms with Crippen LogP contribution in [0.5, 0.6) is 11.5 Å². The zero-order valence-corrected chi connectivity index (χ0v) is 18.7. The van der Waals surface area contributed by atoms with E-state index in [0.717, 1.165) is 55.3 Å². The van der Waals surface area contributed by atoms with E-state index in [2.05, 4.69) is 15.8 Å². The Morgan fingerprint density at radius 2 is 1.81 bits per heavy atom. The molecule has 0 bridgehead atoms. The second kappa shape index (κ2) is 9.87.